The molecule has 134 valence electrons. The maximum Gasteiger partial charge on any atom is 0.323 e. The molecule has 0 spiro atoms. The first-order valence-corrected chi connectivity index (χ1v) is 8.48. The van der Waals surface area contributed by atoms with Gasteiger partial charge >= 0.3 is 6.03 Å². The summed E-state index contributed by atoms with van der Waals surface area (Å²) in [7, 11) is 1.68. The predicted octanol–water partition coefficient (Wildman–Crippen LogP) is 2.38. The molecule has 2 aromatic rings. The summed E-state index contributed by atoms with van der Waals surface area (Å²) < 4.78 is 10.1. The fourth-order valence-corrected chi connectivity index (χ4v) is 2.87. The summed E-state index contributed by atoms with van der Waals surface area (Å²) >= 11 is 0. The van der Waals surface area contributed by atoms with Gasteiger partial charge in [-0.05, 0) is 31.0 Å². The van der Waals surface area contributed by atoms with Crippen molar-refractivity contribution in [2.45, 2.75) is 13.3 Å². The third-order valence-electron chi connectivity index (χ3n) is 4.40. The average Bonchev–Trinajstić information content (AvgIpc) is 3.05. The van der Waals surface area contributed by atoms with Gasteiger partial charge in [0.2, 0.25) is 0 Å². The molecule has 7 heteroatoms. The molecule has 0 radical (unpaired) electrons. The Morgan fingerprint density at radius 1 is 1.24 bits per heavy atom. The second-order valence-electron chi connectivity index (χ2n) is 6.18. The number of hydrogen-bond acceptors (Lipinski definition) is 5. The number of nitrogens with one attached hydrogen (secondary N) is 1. The number of nitrogens with zero attached hydrogens (tertiary/aromatic N) is 3. The number of aromatic nitrogens is 1. The third kappa shape index (κ3) is 4.73. The Morgan fingerprint density at radius 2 is 1.96 bits per heavy atom. The number of aryl methyl sites for hydroxylation is 1. The van der Waals surface area contributed by atoms with Crippen LogP contribution in [0.5, 0.6) is 5.75 Å². The number of ether oxygens (including phenoxy) is 1. The van der Waals surface area contributed by atoms with Gasteiger partial charge in [-0.1, -0.05) is 17.3 Å². The van der Waals surface area contributed by atoms with E-state index in [1.165, 1.54) is 5.56 Å². The number of amides is 2. The zero-order chi connectivity index (χ0) is 17.6. The Kier molecular flexibility index (Phi) is 5.55. The van der Waals surface area contributed by atoms with Crippen molar-refractivity contribution in [2.75, 3.05) is 45.2 Å². The van der Waals surface area contributed by atoms with E-state index in [0.29, 0.717) is 24.7 Å². The molecule has 3 rings (SSSR count). The van der Waals surface area contributed by atoms with Crippen molar-refractivity contribution in [2.24, 2.45) is 0 Å². The Balaban J connectivity index is 1.41. The van der Waals surface area contributed by atoms with Crippen LogP contribution in [0.25, 0.3) is 0 Å². The van der Waals surface area contributed by atoms with Crippen LogP contribution in [0.15, 0.2) is 34.9 Å². The highest BCUT2D eigenvalue weighted by atomic mass is 16.5. The third-order valence-corrected chi connectivity index (χ3v) is 4.40. The van der Waals surface area contributed by atoms with Crippen molar-refractivity contribution in [1.29, 1.82) is 0 Å². The molecule has 1 N–H and O–H groups in total. The van der Waals surface area contributed by atoms with E-state index in [0.717, 1.165) is 31.8 Å². The van der Waals surface area contributed by atoms with E-state index < -0.39 is 0 Å². The largest absolute Gasteiger partial charge is 0.497 e. The molecule has 0 atom stereocenters. The van der Waals surface area contributed by atoms with Crippen molar-refractivity contribution < 1.29 is 14.1 Å². The average molecular weight is 344 g/mol. The highest BCUT2D eigenvalue weighted by Crippen LogP contribution is 2.13. The van der Waals surface area contributed by atoms with E-state index in [9.17, 15) is 4.79 Å². The molecule has 7 nitrogen and oxygen atoms in total. The molecule has 1 aromatic carbocycles. The van der Waals surface area contributed by atoms with Crippen LogP contribution in [-0.2, 0) is 6.42 Å². The molecular formula is C18H24N4O3. The molecule has 25 heavy (non-hydrogen) atoms. The smallest absolute Gasteiger partial charge is 0.323 e. The van der Waals surface area contributed by atoms with E-state index in [4.69, 9.17) is 9.26 Å². The maximum absolute atomic E-state index is 12.2. The van der Waals surface area contributed by atoms with Crippen LogP contribution in [-0.4, -0.2) is 60.8 Å². The van der Waals surface area contributed by atoms with Crippen molar-refractivity contribution in [1.82, 2.24) is 15.0 Å². The standard InChI is InChI=1S/C18H24N4O3/c1-14-13-17(20-25-14)19-18(23)22-11-9-21(10-12-22)8-7-15-3-5-16(24-2)6-4-15/h3-6,13H,7-12H2,1-2H3,(H,19,20,23). The van der Waals surface area contributed by atoms with E-state index in [1.807, 2.05) is 17.0 Å². The van der Waals surface area contributed by atoms with Crippen LogP contribution in [0.4, 0.5) is 10.6 Å². The number of carbonyl (C=O) groups is 1. The first-order valence-electron chi connectivity index (χ1n) is 8.48. The summed E-state index contributed by atoms with van der Waals surface area (Å²) in [5, 5.41) is 6.56. The number of carbonyl (C=O) groups excluding carboxylic acids is 1. The van der Waals surface area contributed by atoms with Crippen molar-refractivity contribution >= 4 is 11.8 Å². The number of benzene rings is 1. The minimum Gasteiger partial charge on any atom is -0.497 e. The van der Waals surface area contributed by atoms with Gasteiger partial charge in [0.05, 0.1) is 7.11 Å². The van der Waals surface area contributed by atoms with Crippen LogP contribution >= 0.6 is 0 Å². The van der Waals surface area contributed by atoms with Gasteiger partial charge in [0.1, 0.15) is 11.5 Å². The van der Waals surface area contributed by atoms with E-state index in [1.54, 1.807) is 20.1 Å². The van der Waals surface area contributed by atoms with Gasteiger partial charge in [-0.3, -0.25) is 10.2 Å². The Hall–Kier alpha value is -2.54. The van der Waals surface area contributed by atoms with E-state index in [2.05, 4.69) is 27.5 Å². The number of urea groups is 1. The topological polar surface area (TPSA) is 70.8 Å². The van der Waals surface area contributed by atoms with Crippen molar-refractivity contribution in [3.05, 3.63) is 41.7 Å². The molecule has 1 saturated heterocycles. The summed E-state index contributed by atoms with van der Waals surface area (Å²) in [6, 6.07) is 9.77. The van der Waals surface area contributed by atoms with Crippen LogP contribution < -0.4 is 10.1 Å². The lowest BCUT2D eigenvalue weighted by Gasteiger charge is -2.34. The fourth-order valence-electron chi connectivity index (χ4n) is 2.87. The number of methoxy groups -OCH3 is 1. The lowest BCUT2D eigenvalue weighted by Crippen LogP contribution is -2.50. The monoisotopic (exact) mass is 344 g/mol. The summed E-state index contributed by atoms with van der Waals surface area (Å²) in [6.45, 7) is 5.97. The Morgan fingerprint density at radius 3 is 2.56 bits per heavy atom. The van der Waals surface area contributed by atoms with Gasteiger partial charge in [0.25, 0.3) is 0 Å². The molecule has 2 amide bonds. The Bertz CT molecular complexity index is 691. The number of anilines is 1. The molecule has 2 heterocycles. The molecule has 0 unspecified atom stereocenters. The molecule has 1 fully saturated rings. The van der Waals surface area contributed by atoms with Crippen molar-refractivity contribution in [3.63, 3.8) is 0 Å². The summed E-state index contributed by atoms with van der Waals surface area (Å²) in [6.07, 6.45) is 0.994. The van der Waals surface area contributed by atoms with E-state index >= 15 is 0 Å². The number of rotatable bonds is 5. The Labute approximate surface area is 147 Å². The lowest BCUT2D eigenvalue weighted by atomic mass is 10.1. The van der Waals surface area contributed by atoms with Gasteiger partial charge in [0, 0.05) is 38.8 Å². The fraction of sp³-hybridized carbons (Fsp3) is 0.444. The summed E-state index contributed by atoms with van der Waals surface area (Å²) in [5.74, 6) is 2.02. The second-order valence-corrected chi connectivity index (χ2v) is 6.18. The van der Waals surface area contributed by atoms with Gasteiger partial charge in [-0.25, -0.2) is 4.79 Å². The maximum atomic E-state index is 12.2. The van der Waals surface area contributed by atoms with Gasteiger partial charge in [-0.15, -0.1) is 0 Å². The molecule has 1 aliphatic heterocycles. The molecular weight excluding hydrogens is 320 g/mol. The normalized spacial score (nSPS) is 15.2. The van der Waals surface area contributed by atoms with Crippen molar-refractivity contribution in [3.8, 4) is 5.75 Å². The lowest BCUT2D eigenvalue weighted by molar-refractivity contribution is 0.148. The highest BCUT2D eigenvalue weighted by molar-refractivity contribution is 5.88. The first-order chi connectivity index (χ1) is 12.1. The molecule has 0 aliphatic carbocycles. The molecule has 0 bridgehead atoms. The quantitative estimate of drug-likeness (QED) is 0.902. The van der Waals surface area contributed by atoms with Crippen LogP contribution in [0.1, 0.15) is 11.3 Å². The molecule has 0 saturated carbocycles. The number of piperazine rings is 1. The van der Waals surface area contributed by atoms with Crippen LogP contribution in [0.3, 0.4) is 0 Å². The second kappa shape index (κ2) is 8.02. The highest BCUT2D eigenvalue weighted by Gasteiger charge is 2.21. The SMILES string of the molecule is COc1ccc(CCN2CCN(C(=O)Nc3cc(C)on3)CC2)cc1. The minimum absolute atomic E-state index is 0.122. The summed E-state index contributed by atoms with van der Waals surface area (Å²) in [5.41, 5.74) is 1.29. The van der Waals surface area contributed by atoms with Gasteiger partial charge in [0.15, 0.2) is 5.82 Å². The van der Waals surface area contributed by atoms with E-state index in [-0.39, 0.29) is 6.03 Å². The molecule has 1 aromatic heterocycles. The summed E-state index contributed by atoms with van der Waals surface area (Å²) in [4.78, 5) is 16.4. The van der Waals surface area contributed by atoms with Gasteiger partial charge < -0.3 is 14.2 Å². The zero-order valence-corrected chi connectivity index (χ0v) is 14.7. The van der Waals surface area contributed by atoms with Crippen LogP contribution in [0.2, 0.25) is 0 Å². The first kappa shape index (κ1) is 17.3. The molecule has 1 aliphatic rings. The van der Waals surface area contributed by atoms with Crippen LogP contribution in [0, 0.1) is 6.92 Å². The van der Waals surface area contributed by atoms with Gasteiger partial charge in [-0.2, -0.15) is 0 Å². The number of hydrogen-bond donors (Lipinski definition) is 1. The minimum atomic E-state index is -0.122. The predicted molar refractivity (Wildman–Crippen MR) is 95.0 cm³/mol. The zero-order valence-electron chi connectivity index (χ0n) is 14.7.